The summed E-state index contributed by atoms with van der Waals surface area (Å²) in [5, 5.41) is 3.78. The SMILES string of the molecule is CCOc1cc2occ(-c3ccccc3)c2cc1/C(C)=C/C(=O)Nc1cccc(C(C)=O)c1. The number of ketones is 1. The normalized spacial score (nSPS) is 11.4. The number of benzene rings is 3. The van der Waals surface area contributed by atoms with E-state index in [1.54, 1.807) is 30.5 Å². The fourth-order valence-corrected chi connectivity index (χ4v) is 3.75. The van der Waals surface area contributed by atoms with Gasteiger partial charge in [0.05, 0.1) is 12.9 Å². The first-order chi connectivity index (χ1) is 16.0. The minimum Gasteiger partial charge on any atom is -0.493 e. The van der Waals surface area contributed by atoms with Crippen molar-refractivity contribution in [1.82, 2.24) is 0 Å². The standard InChI is InChI=1S/C28H25NO4/c1-4-32-26-16-27-24(25(17-33-27)20-9-6-5-7-10-20)15-23(26)18(2)13-28(31)29-22-12-8-11-21(14-22)19(3)30/h5-17H,4H2,1-3H3,(H,29,31)/b18-13+. The van der Waals surface area contributed by atoms with Gasteiger partial charge in [-0.05, 0) is 50.1 Å². The zero-order valence-electron chi connectivity index (χ0n) is 18.8. The highest BCUT2D eigenvalue weighted by molar-refractivity contribution is 6.06. The molecule has 1 amide bonds. The molecule has 1 heterocycles. The topological polar surface area (TPSA) is 68.5 Å². The molecule has 0 unspecified atom stereocenters. The van der Waals surface area contributed by atoms with E-state index in [4.69, 9.17) is 9.15 Å². The number of Topliss-reactive ketones (excluding diaryl/α,β-unsaturated/α-hetero) is 1. The molecule has 4 aromatic rings. The Kier molecular flexibility index (Phi) is 6.41. The van der Waals surface area contributed by atoms with Crippen LogP contribution in [0.25, 0.3) is 27.7 Å². The van der Waals surface area contributed by atoms with Crippen LogP contribution < -0.4 is 10.1 Å². The lowest BCUT2D eigenvalue weighted by atomic mass is 9.99. The zero-order chi connectivity index (χ0) is 23.4. The molecule has 0 atom stereocenters. The second-order valence-electron chi connectivity index (χ2n) is 7.75. The Bertz CT molecular complexity index is 1350. The molecule has 0 aliphatic heterocycles. The van der Waals surface area contributed by atoms with Crippen LogP contribution in [0.2, 0.25) is 0 Å². The Morgan fingerprint density at radius 1 is 1.00 bits per heavy atom. The van der Waals surface area contributed by atoms with Gasteiger partial charge in [-0.2, -0.15) is 0 Å². The van der Waals surface area contributed by atoms with Gasteiger partial charge in [0.1, 0.15) is 11.3 Å². The Morgan fingerprint density at radius 3 is 2.52 bits per heavy atom. The molecule has 0 bridgehead atoms. The average Bonchev–Trinajstić information content (AvgIpc) is 3.22. The molecule has 0 saturated heterocycles. The van der Waals surface area contributed by atoms with Crippen LogP contribution in [0.3, 0.4) is 0 Å². The van der Waals surface area contributed by atoms with Gasteiger partial charge < -0.3 is 14.5 Å². The van der Waals surface area contributed by atoms with Crippen molar-refractivity contribution in [2.75, 3.05) is 11.9 Å². The second kappa shape index (κ2) is 9.57. The molecule has 1 aromatic heterocycles. The number of carbonyl (C=O) groups excluding carboxylic acids is 2. The van der Waals surface area contributed by atoms with Crippen LogP contribution in [0.4, 0.5) is 5.69 Å². The number of ether oxygens (including phenoxy) is 1. The van der Waals surface area contributed by atoms with E-state index < -0.39 is 0 Å². The summed E-state index contributed by atoms with van der Waals surface area (Å²) in [6.45, 7) is 5.77. The molecular formula is C28H25NO4. The van der Waals surface area contributed by atoms with Crippen molar-refractivity contribution in [2.45, 2.75) is 20.8 Å². The van der Waals surface area contributed by atoms with Crippen LogP contribution in [0, 0.1) is 0 Å². The third kappa shape index (κ3) is 4.88. The Labute approximate surface area is 192 Å². The summed E-state index contributed by atoms with van der Waals surface area (Å²) in [5.74, 6) is 0.312. The first-order valence-corrected chi connectivity index (χ1v) is 10.8. The van der Waals surface area contributed by atoms with Crippen molar-refractivity contribution in [3.05, 3.63) is 90.2 Å². The smallest absolute Gasteiger partial charge is 0.248 e. The van der Waals surface area contributed by atoms with E-state index in [-0.39, 0.29) is 11.7 Å². The van der Waals surface area contributed by atoms with Crippen molar-refractivity contribution in [3.8, 4) is 16.9 Å². The number of carbonyl (C=O) groups is 2. The maximum atomic E-state index is 12.7. The van der Waals surface area contributed by atoms with Gasteiger partial charge in [-0.1, -0.05) is 42.5 Å². The molecule has 0 radical (unpaired) electrons. The lowest BCUT2D eigenvalue weighted by molar-refractivity contribution is -0.111. The maximum Gasteiger partial charge on any atom is 0.248 e. The number of hydrogen-bond acceptors (Lipinski definition) is 4. The molecule has 0 saturated carbocycles. The number of nitrogens with one attached hydrogen (secondary N) is 1. The van der Waals surface area contributed by atoms with Crippen LogP contribution in [-0.4, -0.2) is 18.3 Å². The molecule has 166 valence electrons. The fourth-order valence-electron chi connectivity index (χ4n) is 3.75. The highest BCUT2D eigenvalue weighted by Crippen LogP contribution is 2.37. The second-order valence-corrected chi connectivity index (χ2v) is 7.75. The summed E-state index contributed by atoms with van der Waals surface area (Å²) in [5.41, 5.74) is 5.43. The molecule has 0 aliphatic carbocycles. The molecule has 5 heteroatoms. The summed E-state index contributed by atoms with van der Waals surface area (Å²) in [4.78, 5) is 24.3. The van der Waals surface area contributed by atoms with E-state index in [0.717, 1.165) is 33.2 Å². The molecule has 0 spiro atoms. The van der Waals surface area contributed by atoms with Crippen LogP contribution >= 0.6 is 0 Å². The van der Waals surface area contributed by atoms with Crippen LogP contribution in [0.15, 0.2) is 83.5 Å². The number of allylic oxidation sites excluding steroid dienone is 1. The minimum absolute atomic E-state index is 0.0539. The van der Waals surface area contributed by atoms with Gasteiger partial charge >= 0.3 is 0 Å². The van der Waals surface area contributed by atoms with Gasteiger partial charge in [0.15, 0.2) is 5.78 Å². The average molecular weight is 440 g/mol. The van der Waals surface area contributed by atoms with Crippen molar-refractivity contribution in [3.63, 3.8) is 0 Å². The highest BCUT2D eigenvalue weighted by Gasteiger charge is 2.15. The fraction of sp³-hybridized carbons (Fsp3) is 0.143. The van der Waals surface area contributed by atoms with E-state index in [9.17, 15) is 9.59 Å². The quantitative estimate of drug-likeness (QED) is 0.256. The lowest BCUT2D eigenvalue weighted by Crippen LogP contribution is -2.09. The van der Waals surface area contributed by atoms with Crippen LogP contribution in [-0.2, 0) is 4.79 Å². The predicted octanol–water partition coefficient (Wildman–Crippen LogP) is 6.74. The van der Waals surface area contributed by atoms with Gasteiger partial charge in [-0.25, -0.2) is 0 Å². The van der Waals surface area contributed by atoms with E-state index in [1.165, 1.54) is 13.0 Å². The van der Waals surface area contributed by atoms with Gasteiger partial charge in [0.25, 0.3) is 0 Å². The monoisotopic (exact) mass is 439 g/mol. The lowest BCUT2D eigenvalue weighted by Gasteiger charge is -2.12. The highest BCUT2D eigenvalue weighted by atomic mass is 16.5. The molecule has 4 rings (SSSR count). The number of hydrogen-bond donors (Lipinski definition) is 1. The Balaban J connectivity index is 1.69. The first kappa shape index (κ1) is 22.1. The number of rotatable bonds is 7. The number of amides is 1. The molecule has 0 aliphatic rings. The number of furan rings is 1. The maximum absolute atomic E-state index is 12.7. The third-order valence-electron chi connectivity index (χ3n) is 5.37. The summed E-state index contributed by atoms with van der Waals surface area (Å²) < 4.78 is 11.7. The van der Waals surface area contributed by atoms with Gasteiger partial charge in [0, 0.05) is 39.9 Å². The van der Waals surface area contributed by atoms with E-state index >= 15 is 0 Å². The van der Waals surface area contributed by atoms with Crippen molar-refractivity contribution in [1.29, 1.82) is 0 Å². The van der Waals surface area contributed by atoms with Gasteiger partial charge in [-0.3, -0.25) is 9.59 Å². The van der Waals surface area contributed by atoms with E-state index in [0.29, 0.717) is 23.6 Å². The van der Waals surface area contributed by atoms with Crippen molar-refractivity contribution < 1.29 is 18.7 Å². The predicted molar refractivity (Wildman–Crippen MR) is 132 cm³/mol. The van der Waals surface area contributed by atoms with Crippen LogP contribution in [0.5, 0.6) is 5.75 Å². The summed E-state index contributed by atoms with van der Waals surface area (Å²) >= 11 is 0. The minimum atomic E-state index is -0.286. The zero-order valence-corrected chi connectivity index (χ0v) is 18.8. The molecular weight excluding hydrogens is 414 g/mol. The summed E-state index contributed by atoms with van der Waals surface area (Å²) in [6.07, 6.45) is 3.28. The van der Waals surface area contributed by atoms with Gasteiger partial charge in [0.2, 0.25) is 5.91 Å². The van der Waals surface area contributed by atoms with Gasteiger partial charge in [-0.15, -0.1) is 0 Å². The molecule has 0 fully saturated rings. The van der Waals surface area contributed by atoms with Crippen molar-refractivity contribution in [2.24, 2.45) is 0 Å². The largest absolute Gasteiger partial charge is 0.493 e. The number of anilines is 1. The molecule has 3 aromatic carbocycles. The number of fused-ring (bicyclic) bond motifs is 1. The molecule has 33 heavy (non-hydrogen) atoms. The summed E-state index contributed by atoms with van der Waals surface area (Å²) in [7, 11) is 0. The Hall–Kier alpha value is -4.12. The van der Waals surface area contributed by atoms with Crippen LogP contribution in [0.1, 0.15) is 36.7 Å². The Morgan fingerprint density at radius 2 is 1.79 bits per heavy atom. The molecule has 1 N–H and O–H groups in total. The third-order valence-corrected chi connectivity index (χ3v) is 5.37. The molecule has 5 nitrogen and oxygen atoms in total. The van der Waals surface area contributed by atoms with E-state index in [2.05, 4.69) is 5.32 Å². The first-order valence-electron chi connectivity index (χ1n) is 10.8. The van der Waals surface area contributed by atoms with E-state index in [1.807, 2.05) is 56.3 Å². The van der Waals surface area contributed by atoms with Crippen molar-refractivity contribution >= 4 is 33.9 Å². The summed E-state index contributed by atoms with van der Waals surface area (Å²) in [6, 6.07) is 20.8.